The molecule has 0 fully saturated rings. The maximum absolute atomic E-state index is 5.40. The molecule has 3 heteroatoms. The molecule has 0 radical (unpaired) electrons. The largest absolute Gasteiger partial charge is 0.496 e. The quantitative estimate of drug-likeness (QED) is 0.519. The van der Waals surface area contributed by atoms with Crippen LogP contribution in [0.4, 0.5) is 0 Å². The number of hydrogen-bond donors (Lipinski definition) is 0. The molecule has 1 atom stereocenters. The number of hydrogen-bond acceptors (Lipinski definition) is 2. The molecule has 0 spiro atoms. The average Bonchev–Trinajstić information content (AvgIpc) is 2.38. The Labute approximate surface area is 117 Å². The van der Waals surface area contributed by atoms with E-state index in [0.29, 0.717) is 5.92 Å². The van der Waals surface area contributed by atoms with Gasteiger partial charge in [-0.2, -0.15) is 11.8 Å². The molecule has 96 valence electrons. The van der Waals surface area contributed by atoms with Gasteiger partial charge in [0, 0.05) is 5.33 Å². The molecule has 0 amide bonds. The van der Waals surface area contributed by atoms with Crippen LogP contribution >= 0.6 is 27.7 Å². The summed E-state index contributed by atoms with van der Waals surface area (Å²) in [6, 6.07) is 8.33. The third kappa shape index (κ3) is 5.35. The third-order valence-electron chi connectivity index (χ3n) is 2.88. The summed E-state index contributed by atoms with van der Waals surface area (Å²) in [6.07, 6.45) is 5.85. The fourth-order valence-corrected chi connectivity index (χ4v) is 2.94. The van der Waals surface area contributed by atoms with Crippen molar-refractivity contribution in [3.8, 4) is 5.75 Å². The van der Waals surface area contributed by atoms with Crippen molar-refractivity contribution in [2.45, 2.75) is 19.3 Å². The van der Waals surface area contributed by atoms with Gasteiger partial charge in [-0.1, -0.05) is 34.1 Å². The van der Waals surface area contributed by atoms with E-state index in [-0.39, 0.29) is 0 Å². The highest BCUT2D eigenvalue weighted by Gasteiger charge is 2.11. The van der Waals surface area contributed by atoms with E-state index in [0.717, 1.165) is 17.5 Å². The van der Waals surface area contributed by atoms with Gasteiger partial charge in [-0.05, 0) is 48.8 Å². The summed E-state index contributed by atoms with van der Waals surface area (Å²) in [6.45, 7) is 0. The van der Waals surface area contributed by atoms with Crippen LogP contribution in [0.1, 0.15) is 18.4 Å². The Morgan fingerprint density at radius 3 is 2.76 bits per heavy atom. The summed E-state index contributed by atoms with van der Waals surface area (Å²) >= 11 is 5.55. The predicted octanol–water partition coefficient (Wildman–Crippen LogP) is 4.39. The highest BCUT2D eigenvalue weighted by molar-refractivity contribution is 9.09. The van der Waals surface area contributed by atoms with Gasteiger partial charge < -0.3 is 4.74 Å². The van der Waals surface area contributed by atoms with Gasteiger partial charge in [-0.25, -0.2) is 0 Å². The summed E-state index contributed by atoms with van der Waals surface area (Å²) in [4.78, 5) is 0. The molecule has 0 aliphatic heterocycles. The van der Waals surface area contributed by atoms with Crippen LogP contribution in [0.5, 0.6) is 5.75 Å². The maximum atomic E-state index is 5.40. The van der Waals surface area contributed by atoms with Gasteiger partial charge in [0.15, 0.2) is 0 Å². The first-order valence-electron chi connectivity index (χ1n) is 5.98. The zero-order valence-electron chi connectivity index (χ0n) is 10.6. The molecule has 0 heterocycles. The Morgan fingerprint density at radius 1 is 1.35 bits per heavy atom. The van der Waals surface area contributed by atoms with E-state index in [1.54, 1.807) is 7.11 Å². The number of para-hydroxylation sites is 1. The first-order valence-corrected chi connectivity index (χ1v) is 8.50. The van der Waals surface area contributed by atoms with Crippen molar-refractivity contribution in [1.82, 2.24) is 0 Å². The lowest BCUT2D eigenvalue weighted by Crippen LogP contribution is -2.07. The molecule has 0 saturated carbocycles. The number of rotatable bonds is 8. The van der Waals surface area contributed by atoms with E-state index >= 15 is 0 Å². The van der Waals surface area contributed by atoms with Gasteiger partial charge >= 0.3 is 0 Å². The number of thioether (sulfide) groups is 1. The number of halogens is 1. The molecule has 0 N–H and O–H groups in total. The second-order valence-electron chi connectivity index (χ2n) is 4.17. The van der Waals surface area contributed by atoms with Crippen LogP contribution in [0, 0.1) is 5.92 Å². The third-order valence-corrected chi connectivity index (χ3v) is 4.49. The van der Waals surface area contributed by atoms with Crippen LogP contribution in [0.15, 0.2) is 24.3 Å². The fourth-order valence-electron chi connectivity index (χ4n) is 1.93. The molecule has 0 aliphatic rings. The lowest BCUT2D eigenvalue weighted by molar-refractivity contribution is 0.404. The smallest absolute Gasteiger partial charge is 0.122 e. The molecule has 17 heavy (non-hydrogen) atoms. The molecule has 0 bridgehead atoms. The van der Waals surface area contributed by atoms with Crippen molar-refractivity contribution in [3.05, 3.63) is 29.8 Å². The average molecular weight is 317 g/mol. The summed E-state index contributed by atoms with van der Waals surface area (Å²) in [7, 11) is 1.75. The lowest BCUT2D eigenvalue weighted by Gasteiger charge is -2.15. The summed E-state index contributed by atoms with van der Waals surface area (Å²) in [5, 5.41) is 1.07. The first kappa shape index (κ1) is 14.9. The minimum atomic E-state index is 0.707. The van der Waals surface area contributed by atoms with Crippen LogP contribution in [0.2, 0.25) is 0 Å². The Balaban J connectivity index is 2.54. The van der Waals surface area contributed by atoms with Crippen molar-refractivity contribution in [2.24, 2.45) is 5.92 Å². The number of ether oxygens (including phenoxy) is 1. The van der Waals surface area contributed by atoms with Crippen LogP contribution in [0.25, 0.3) is 0 Å². The normalized spacial score (nSPS) is 12.4. The summed E-state index contributed by atoms with van der Waals surface area (Å²) in [5.41, 5.74) is 1.32. The van der Waals surface area contributed by atoms with E-state index in [9.17, 15) is 0 Å². The van der Waals surface area contributed by atoms with E-state index in [1.807, 2.05) is 23.9 Å². The molecule has 1 unspecified atom stereocenters. The number of methoxy groups -OCH3 is 1. The molecule has 1 rings (SSSR count). The SMILES string of the molecule is COc1ccccc1CC(CBr)CCCSC. The molecular formula is C14H21BrOS. The fraction of sp³-hybridized carbons (Fsp3) is 0.571. The molecule has 0 aliphatic carbocycles. The second kappa shape index (κ2) is 8.87. The highest BCUT2D eigenvalue weighted by Crippen LogP contribution is 2.24. The second-order valence-corrected chi connectivity index (χ2v) is 5.80. The van der Waals surface area contributed by atoms with Crippen LogP contribution in [-0.2, 0) is 6.42 Å². The van der Waals surface area contributed by atoms with Crippen molar-refractivity contribution in [3.63, 3.8) is 0 Å². The monoisotopic (exact) mass is 316 g/mol. The Hall–Kier alpha value is -0.150. The molecule has 0 saturated heterocycles. The van der Waals surface area contributed by atoms with Gasteiger partial charge in [0.1, 0.15) is 5.75 Å². The summed E-state index contributed by atoms with van der Waals surface area (Å²) in [5.74, 6) is 2.98. The van der Waals surface area contributed by atoms with Gasteiger partial charge in [-0.15, -0.1) is 0 Å². The molecule has 1 nitrogen and oxygen atoms in total. The van der Waals surface area contributed by atoms with E-state index in [4.69, 9.17) is 4.74 Å². The maximum Gasteiger partial charge on any atom is 0.122 e. The minimum absolute atomic E-state index is 0.707. The topological polar surface area (TPSA) is 9.23 Å². The van der Waals surface area contributed by atoms with Gasteiger partial charge in [-0.3, -0.25) is 0 Å². The summed E-state index contributed by atoms with van der Waals surface area (Å²) < 4.78 is 5.40. The predicted molar refractivity (Wildman–Crippen MR) is 81.6 cm³/mol. The van der Waals surface area contributed by atoms with E-state index in [2.05, 4.69) is 34.3 Å². The number of benzene rings is 1. The van der Waals surface area contributed by atoms with E-state index in [1.165, 1.54) is 24.2 Å². The van der Waals surface area contributed by atoms with Crippen LogP contribution in [-0.4, -0.2) is 24.4 Å². The van der Waals surface area contributed by atoms with Gasteiger partial charge in [0.25, 0.3) is 0 Å². The molecule has 1 aromatic carbocycles. The van der Waals surface area contributed by atoms with Crippen molar-refractivity contribution < 1.29 is 4.74 Å². The van der Waals surface area contributed by atoms with E-state index < -0.39 is 0 Å². The van der Waals surface area contributed by atoms with Gasteiger partial charge in [0.2, 0.25) is 0 Å². The standard InChI is InChI=1S/C14H21BrOS/c1-16-14-8-4-3-7-13(14)10-12(11-15)6-5-9-17-2/h3-4,7-8,12H,5-6,9-11H2,1-2H3. The zero-order valence-corrected chi connectivity index (χ0v) is 13.0. The van der Waals surface area contributed by atoms with Gasteiger partial charge in [0.05, 0.1) is 7.11 Å². The number of alkyl halides is 1. The van der Waals surface area contributed by atoms with Crippen molar-refractivity contribution in [1.29, 1.82) is 0 Å². The lowest BCUT2D eigenvalue weighted by atomic mass is 9.96. The van der Waals surface area contributed by atoms with Crippen molar-refractivity contribution in [2.75, 3.05) is 24.4 Å². The highest BCUT2D eigenvalue weighted by atomic mass is 79.9. The Morgan fingerprint density at radius 2 is 2.12 bits per heavy atom. The Bertz CT molecular complexity index is 317. The molecule has 1 aromatic rings. The zero-order chi connectivity index (χ0) is 12.5. The first-order chi connectivity index (χ1) is 8.31. The van der Waals surface area contributed by atoms with Crippen LogP contribution in [0.3, 0.4) is 0 Å². The van der Waals surface area contributed by atoms with Crippen LogP contribution < -0.4 is 4.74 Å². The van der Waals surface area contributed by atoms with Crippen molar-refractivity contribution >= 4 is 27.7 Å². The molecule has 0 aromatic heterocycles. The molecular weight excluding hydrogens is 296 g/mol. The Kier molecular flexibility index (Phi) is 7.78. The minimum Gasteiger partial charge on any atom is -0.496 e.